The minimum absolute atomic E-state index is 0.233. The molecule has 1 aromatic heterocycles. The molecule has 5 heteroatoms. The SMILES string of the molecule is CCNC(c1ccnc(C)n1)c1cccc(OC)c1F. The minimum Gasteiger partial charge on any atom is -0.494 e. The maximum atomic E-state index is 14.4. The summed E-state index contributed by atoms with van der Waals surface area (Å²) in [4.78, 5) is 8.46. The third kappa shape index (κ3) is 2.93. The number of methoxy groups -OCH3 is 1. The monoisotopic (exact) mass is 275 g/mol. The summed E-state index contributed by atoms with van der Waals surface area (Å²) in [5.41, 5.74) is 1.26. The number of aromatic nitrogens is 2. The maximum Gasteiger partial charge on any atom is 0.170 e. The Hall–Kier alpha value is -2.01. The first kappa shape index (κ1) is 14.4. The predicted octanol–water partition coefficient (Wildman–Crippen LogP) is 2.63. The van der Waals surface area contributed by atoms with Crippen LogP contribution in [0.3, 0.4) is 0 Å². The summed E-state index contributed by atoms with van der Waals surface area (Å²) in [5, 5.41) is 3.25. The second-order valence-corrected chi connectivity index (χ2v) is 4.38. The average molecular weight is 275 g/mol. The summed E-state index contributed by atoms with van der Waals surface area (Å²) in [7, 11) is 1.46. The summed E-state index contributed by atoms with van der Waals surface area (Å²) < 4.78 is 19.5. The van der Waals surface area contributed by atoms with Gasteiger partial charge in [-0.25, -0.2) is 14.4 Å². The molecule has 0 aliphatic carbocycles. The molecule has 1 unspecified atom stereocenters. The van der Waals surface area contributed by atoms with Gasteiger partial charge in [0, 0.05) is 11.8 Å². The second kappa shape index (κ2) is 6.43. The highest BCUT2D eigenvalue weighted by molar-refractivity contribution is 5.36. The van der Waals surface area contributed by atoms with Gasteiger partial charge in [0.25, 0.3) is 0 Å². The lowest BCUT2D eigenvalue weighted by molar-refractivity contribution is 0.381. The van der Waals surface area contributed by atoms with Gasteiger partial charge >= 0.3 is 0 Å². The van der Waals surface area contributed by atoms with Crippen molar-refractivity contribution >= 4 is 0 Å². The van der Waals surface area contributed by atoms with E-state index in [-0.39, 0.29) is 17.6 Å². The lowest BCUT2D eigenvalue weighted by atomic mass is 10.0. The summed E-state index contributed by atoms with van der Waals surface area (Å²) in [5.74, 6) is 0.530. The van der Waals surface area contributed by atoms with Crippen LogP contribution < -0.4 is 10.1 Å². The first-order valence-electron chi connectivity index (χ1n) is 6.52. The Labute approximate surface area is 118 Å². The molecule has 1 heterocycles. The number of ether oxygens (including phenoxy) is 1. The molecule has 0 saturated carbocycles. The van der Waals surface area contributed by atoms with E-state index in [2.05, 4.69) is 15.3 Å². The van der Waals surface area contributed by atoms with E-state index in [1.165, 1.54) is 7.11 Å². The maximum absolute atomic E-state index is 14.4. The van der Waals surface area contributed by atoms with Crippen molar-refractivity contribution in [2.24, 2.45) is 0 Å². The topological polar surface area (TPSA) is 47.0 Å². The van der Waals surface area contributed by atoms with Gasteiger partial charge in [-0.05, 0) is 25.6 Å². The molecule has 1 atom stereocenters. The molecule has 2 rings (SSSR count). The third-order valence-electron chi connectivity index (χ3n) is 3.03. The highest BCUT2D eigenvalue weighted by atomic mass is 19.1. The van der Waals surface area contributed by atoms with Crippen LogP contribution in [-0.4, -0.2) is 23.6 Å². The van der Waals surface area contributed by atoms with Crippen molar-refractivity contribution in [3.63, 3.8) is 0 Å². The van der Waals surface area contributed by atoms with E-state index < -0.39 is 0 Å². The Morgan fingerprint density at radius 2 is 2.15 bits per heavy atom. The van der Waals surface area contributed by atoms with E-state index in [1.807, 2.05) is 13.8 Å². The second-order valence-electron chi connectivity index (χ2n) is 4.38. The average Bonchev–Trinajstić information content (AvgIpc) is 2.45. The van der Waals surface area contributed by atoms with Crippen LogP contribution in [0.15, 0.2) is 30.5 Å². The lowest BCUT2D eigenvalue weighted by Gasteiger charge is -2.19. The van der Waals surface area contributed by atoms with E-state index in [1.54, 1.807) is 30.5 Å². The Balaban J connectivity index is 2.48. The smallest absolute Gasteiger partial charge is 0.170 e. The molecule has 20 heavy (non-hydrogen) atoms. The third-order valence-corrected chi connectivity index (χ3v) is 3.03. The van der Waals surface area contributed by atoms with E-state index >= 15 is 0 Å². The Morgan fingerprint density at radius 1 is 1.35 bits per heavy atom. The zero-order chi connectivity index (χ0) is 14.5. The van der Waals surface area contributed by atoms with Gasteiger partial charge in [0.1, 0.15) is 5.82 Å². The first-order valence-corrected chi connectivity index (χ1v) is 6.52. The molecule has 4 nitrogen and oxygen atoms in total. The quantitative estimate of drug-likeness (QED) is 0.911. The van der Waals surface area contributed by atoms with Gasteiger partial charge in [0.05, 0.1) is 18.8 Å². The number of hydrogen-bond acceptors (Lipinski definition) is 4. The van der Waals surface area contributed by atoms with Gasteiger partial charge in [-0.1, -0.05) is 19.1 Å². The Kier molecular flexibility index (Phi) is 4.63. The Morgan fingerprint density at radius 3 is 2.80 bits per heavy atom. The van der Waals surface area contributed by atoms with Crippen molar-refractivity contribution in [2.45, 2.75) is 19.9 Å². The molecule has 1 aromatic carbocycles. The number of benzene rings is 1. The summed E-state index contributed by atoms with van der Waals surface area (Å²) >= 11 is 0. The number of hydrogen-bond donors (Lipinski definition) is 1. The number of nitrogens with one attached hydrogen (secondary N) is 1. The summed E-state index contributed by atoms with van der Waals surface area (Å²) in [6.07, 6.45) is 1.68. The summed E-state index contributed by atoms with van der Waals surface area (Å²) in [6, 6.07) is 6.58. The molecule has 0 radical (unpaired) electrons. The van der Waals surface area contributed by atoms with Gasteiger partial charge < -0.3 is 10.1 Å². The zero-order valence-corrected chi connectivity index (χ0v) is 11.9. The minimum atomic E-state index is -0.364. The molecule has 106 valence electrons. The van der Waals surface area contributed by atoms with Crippen LogP contribution in [0.25, 0.3) is 0 Å². The lowest BCUT2D eigenvalue weighted by Crippen LogP contribution is -2.24. The van der Waals surface area contributed by atoms with Crippen molar-refractivity contribution < 1.29 is 9.13 Å². The van der Waals surface area contributed by atoms with Crippen LogP contribution in [0, 0.1) is 12.7 Å². The molecule has 0 fully saturated rings. The molecule has 0 aliphatic heterocycles. The highest BCUT2D eigenvalue weighted by Crippen LogP contribution is 2.28. The van der Waals surface area contributed by atoms with Crippen LogP contribution in [0.2, 0.25) is 0 Å². The molecule has 0 bridgehead atoms. The first-order chi connectivity index (χ1) is 9.67. The number of halogens is 1. The molecule has 0 amide bonds. The van der Waals surface area contributed by atoms with Crippen molar-refractivity contribution in [3.8, 4) is 5.75 Å². The van der Waals surface area contributed by atoms with E-state index in [0.717, 1.165) is 5.69 Å². The van der Waals surface area contributed by atoms with E-state index in [9.17, 15) is 4.39 Å². The van der Waals surface area contributed by atoms with Gasteiger partial charge in [-0.3, -0.25) is 0 Å². The van der Waals surface area contributed by atoms with Crippen molar-refractivity contribution in [2.75, 3.05) is 13.7 Å². The van der Waals surface area contributed by atoms with Crippen LogP contribution in [0.5, 0.6) is 5.75 Å². The molecule has 0 saturated heterocycles. The molecular formula is C15H18FN3O. The van der Waals surface area contributed by atoms with Crippen LogP contribution in [-0.2, 0) is 0 Å². The van der Waals surface area contributed by atoms with Crippen molar-refractivity contribution in [1.82, 2.24) is 15.3 Å². The highest BCUT2D eigenvalue weighted by Gasteiger charge is 2.20. The zero-order valence-electron chi connectivity index (χ0n) is 11.9. The fourth-order valence-corrected chi connectivity index (χ4v) is 2.12. The fraction of sp³-hybridized carbons (Fsp3) is 0.333. The van der Waals surface area contributed by atoms with E-state index in [0.29, 0.717) is 17.9 Å². The van der Waals surface area contributed by atoms with Crippen LogP contribution in [0.1, 0.15) is 30.0 Å². The number of rotatable bonds is 5. The van der Waals surface area contributed by atoms with Crippen molar-refractivity contribution in [1.29, 1.82) is 0 Å². The Bertz CT molecular complexity index is 589. The number of nitrogens with zero attached hydrogens (tertiary/aromatic N) is 2. The van der Waals surface area contributed by atoms with Gasteiger partial charge in [0.2, 0.25) is 0 Å². The summed E-state index contributed by atoms with van der Waals surface area (Å²) in [6.45, 7) is 4.48. The standard InChI is InChI=1S/C15H18FN3O/c1-4-17-15(12-8-9-18-10(2)19-12)11-6-5-7-13(20-3)14(11)16/h5-9,15,17H,4H2,1-3H3. The largest absolute Gasteiger partial charge is 0.494 e. The van der Waals surface area contributed by atoms with Gasteiger partial charge in [-0.2, -0.15) is 0 Å². The van der Waals surface area contributed by atoms with Gasteiger partial charge in [-0.15, -0.1) is 0 Å². The molecular weight excluding hydrogens is 257 g/mol. The fourth-order valence-electron chi connectivity index (χ4n) is 2.12. The molecule has 0 aliphatic rings. The normalized spacial score (nSPS) is 12.2. The molecule has 2 aromatic rings. The molecule has 1 N–H and O–H groups in total. The number of aryl methyl sites for hydroxylation is 1. The van der Waals surface area contributed by atoms with Crippen LogP contribution >= 0.6 is 0 Å². The van der Waals surface area contributed by atoms with Crippen LogP contribution in [0.4, 0.5) is 4.39 Å². The van der Waals surface area contributed by atoms with Gasteiger partial charge in [0.15, 0.2) is 11.6 Å². The predicted molar refractivity (Wildman–Crippen MR) is 75.2 cm³/mol. The van der Waals surface area contributed by atoms with E-state index in [4.69, 9.17) is 4.74 Å². The molecule has 0 spiro atoms. The van der Waals surface area contributed by atoms with Crippen molar-refractivity contribution in [3.05, 3.63) is 53.4 Å².